The molecule has 0 bridgehead atoms. The Bertz CT molecular complexity index is 774. The molecule has 1 saturated heterocycles. The summed E-state index contributed by atoms with van der Waals surface area (Å²) >= 11 is 0. The lowest BCUT2D eigenvalue weighted by Gasteiger charge is -2.32. The Balaban J connectivity index is 1.58. The number of anilines is 3. The molecule has 0 unspecified atom stereocenters. The van der Waals surface area contributed by atoms with Gasteiger partial charge in [-0.2, -0.15) is 0 Å². The van der Waals surface area contributed by atoms with E-state index in [-0.39, 0.29) is 24.0 Å². The van der Waals surface area contributed by atoms with Crippen molar-refractivity contribution in [2.45, 2.75) is 45.1 Å². The van der Waals surface area contributed by atoms with Crippen LogP contribution in [0.25, 0.3) is 0 Å². The van der Waals surface area contributed by atoms with Crippen molar-refractivity contribution in [1.29, 1.82) is 0 Å². The summed E-state index contributed by atoms with van der Waals surface area (Å²) in [6.45, 7) is 7.84. The number of benzene rings is 1. The van der Waals surface area contributed by atoms with Crippen molar-refractivity contribution in [2.24, 2.45) is 0 Å². The van der Waals surface area contributed by atoms with Gasteiger partial charge in [-0.05, 0) is 25.0 Å². The van der Waals surface area contributed by atoms with E-state index in [1.54, 1.807) is 6.07 Å². The van der Waals surface area contributed by atoms with Crippen LogP contribution in [-0.4, -0.2) is 41.9 Å². The first-order chi connectivity index (χ1) is 12.8. The van der Waals surface area contributed by atoms with E-state index >= 15 is 0 Å². The molecule has 7 nitrogen and oxygen atoms in total. The van der Waals surface area contributed by atoms with Crippen LogP contribution in [0, 0.1) is 0 Å². The van der Waals surface area contributed by atoms with Crippen molar-refractivity contribution in [1.82, 2.24) is 5.16 Å². The molecule has 0 aliphatic carbocycles. The fourth-order valence-corrected chi connectivity index (χ4v) is 3.05. The Morgan fingerprint density at radius 3 is 2.67 bits per heavy atom. The highest BCUT2D eigenvalue weighted by molar-refractivity contribution is 5.93. The second-order valence-corrected chi connectivity index (χ2v) is 7.96. The van der Waals surface area contributed by atoms with E-state index in [0.29, 0.717) is 5.88 Å². The van der Waals surface area contributed by atoms with E-state index < -0.39 is 0 Å². The number of nitrogens with zero attached hydrogens (tertiary/aromatic N) is 2. The lowest BCUT2D eigenvalue weighted by Crippen LogP contribution is -2.36. The number of carbonyl (C=O) groups is 1. The van der Waals surface area contributed by atoms with Crippen LogP contribution in [0.3, 0.4) is 0 Å². The van der Waals surface area contributed by atoms with Gasteiger partial charge in [0.25, 0.3) is 0 Å². The zero-order chi connectivity index (χ0) is 19.4. The largest absolute Gasteiger partial charge is 0.393 e. The van der Waals surface area contributed by atoms with Gasteiger partial charge in [0.2, 0.25) is 11.8 Å². The maximum Gasteiger partial charge on any atom is 0.246 e. The molecule has 1 aliphatic heterocycles. The molecule has 146 valence electrons. The van der Waals surface area contributed by atoms with E-state index in [2.05, 4.69) is 20.7 Å². The Labute approximate surface area is 159 Å². The van der Waals surface area contributed by atoms with Gasteiger partial charge < -0.3 is 19.8 Å². The molecule has 0 radical (unpaired) electrons. The van der Waals surface area contributed by atoms with Gasteiger partial charge in [-0.25, -0.2) is 0 Å². The summed E-state index contributed by atoms with van der Waals surface area (Å²) in [5.41, 5.74) is 2.61. The molecule has 0 saturated carbocycles. The average molecular weight is 372 g/mol. The smallest absolute Gasteiger partial charge is 0.246 e. The zero-order valence-corrected chi connectivity index (χ0v) is 16.2. The number of para-hydroxylation sites is 2. The van der Waals surface area contributed by atoms with Gasteiger partial charge >= 0.3 is 0 Å². The van der Waals surface area contributed by atoms with E-state index in [1.165, 1.54) is 0 Å². The molecule has 1 aromatic heterocycles. The maximum atomic E-state index is 12.3. The summed E-state index contributed by atoms with van der Waals surface area (Å²) in [5, 5.41) is 19.6. The first kappa shape index (κ1) is 19.2. The average Bonchev–Trinajstić information content (AvgIpc) is 3.10. The number of hydrogen-bond acceptors (Lipinski definition) is 6. The Kier molecular flexibility index (Phi) is 5.70. The summed E-state index contributed by atoms with van der Waals surface area (Å²) < 4.78 is 5.20. The number of aromatic nitrogens is 1. The van der Waals surface area contributed by atoms with Crippen molar-refractivity contribution >= 4 is 23.2 Å². The minimum absolute atomic E-state index is 0.124. The van der Waals surface area contributed by atoms with E-state index in [1.807, 2.05) is 45.0 Å². The van der Waals surface area contributed by atoms with Crippen LogP contribution in [0.4, 0.5) is 17.3 Å². The minimum Gasteiger partial charge on any atom is -0.393 e. The van der Waals surface area contributed by atoms with Crippen LogP contribution in [0.15, 0.2) is 34.9 Å². The van der Waals surface area contributed by atoms with Gasteiger partial charge in [0.15, 0.2) is 0 Å². The molecule has 27 heavy (non-hydrogen) atoms. The Morgan fingerprint density at radius 1 is 1.30 bits per heavy atom. The highest BCUT2D eigenvalue weighted by Crippen LogP contribution is 2.28. The zero-order valence-electron chi connectivity index (χ0n) is 16.2. The topological polar surface area (TPSA) is 90.6 Å². The van der Waals surface area contributed by atoms with E-state index in [4.69, 9.17) is 4.52 Å². The summed E-state index contributed by atoms with van der Waals surface area (Å²) in [4.78, 5) is 14.5. The highest BCUT2D eigenvalue weighted by atomic mass is 16.5. The van der Waals surface area contributed by atoms with E-state index in [9.17, 15) is 9.90 Å². The van der Waals surface area contributed by atoms with E-state index in [0.717, 1.165) is 43.0 Å². The third-order valence-corrected chi connectivity index (χ3v) is 4.69. The summed E-state index contributed by atoms with van der Waals surface area (Å²) in [6.07, 6.45) is 1.30. The molecule has 3 N–H and O–H groups in total. The molecule has 3 rings (SSSR count). The molecule has 7 heteroatoms. The minimum atomic E-state index is -0.216. The molecule has 2 aromatic rings. The van der Waals surface area contributed by atoms with Crippen molar-refractivity contribution in [3.63, 3.8) is 0 Å². The fraction of sp³-hybridized carbons (Fsp3) is 0.500. The van der Waals surface area contributed by atoms with Gasteiger partial charge in [0.05, 0.1) is 29.7 Å². The second kappa shape index (κ2) is 8.00. The first-order valence-electron chi connectivity index (χ1n) is 9.36. The predicted molar refractivity (Wildman–Crippen MR) is 106 cm³/mol. The third-order valence-electron chi connectivity index (χ3n) is 4.69. The molecular weight excluding hydrogens is 344 g/mol. The normalized spacial score (nSPS) is 15.6. The van der Waals surface area contributed by atoms with Gasteiger partial charge in [-0.15, -0.1) is 0 Å². The standard InChI is InChI=1S/C20H28N4O3/c1-20(2,3)17-12-19(27-23-17)22-18(26)13-21-15-6-4-5-7-16(15)24-10-8-14(25)9-11-24/h4-7,12,14,21,25H,8-11,13H2,1-3H3,(H,22,26). The van der Waals surface area contributed by atoms with Gasteiger partial charge in [0, 0.05) is 24.6 Å². The van der Waals surface area contributed by atoms with Crippen LogP contribution in [-0.2, 0) is 10.2 Å². The van der Waals surface area contributed by atoms with Crippen molar-refractivity contribution in [2.75, 3.05) is 35.2 Å². The van der Waals surface area contributed by atoms with Gasteiger partial charge in [-0.3, -0.25) is 10.1 Å². The Morgan fingerprint density at radius 2 is 2.00 bits per heavy atom. The van der Waals surface area contributed by atoms with Crippen LogP contribution in [0.5, 0.6) is 0 Å². The summed E-state index contributed by atoms with van der Waals surface area (Å²) in [5.74, 6) is 0.153. The summed E-state index contributed by atoms with van der Waals surface area (Å²) in [6, 6.07) is 9.66. The number of hydrogen-bond donors (Lipinski definition) is 3. The monoisotopic (exact) mass is 372 g/mol. The van der Waals surface area contributed by atoms with Crippen LogP contribution in [0.2, 0.25) is 0 Å². The van der Waals surface area contributed by atoms with Crippen LogP contribution < -0.4 is 15.5 Å². The number of carbonyl (C=O) groups excluding carboxylic acids is 1. The lowest BCUT2D eigenvalue weighted by atomic mass is 9.92. The quantitative estimate of drug-likeness (QED) is 0.747. The molecule has 1 aromatic carbocycles. The first-order valence-corrected chi connectivity index (χ1v) is 9.36. The molecule has 0 atom stereocenters. The predicted octanol–water partition coefficient (Wildman–Crippen LogP) is 2.98. The molecule has 1 aliphatic rings. The molecule has 1 amide bonds. The molecule has 1 fully saturated rings. The van der Waals surface area contributed by atoms with Gasteiger partial charge in [-0.1, -0.05) is 38.1 Å². The number of rotatable bonds is 5. The molecule has 2 heterocycles. The fourth-order valence-electron chi connectivity index (χ4n) is 3.05. The number of aliphatic hydroxyl groups is 1. The van der Waals surface area contributed by atoms with Crippen LogP contribution >= 0.6 is 0 Å². The van der Waals surface area contributed by atoms with Crippen LogP contribution in [0.1, 0.15) is 39.3 Å². The second-order valence-electron chi connectivity index (χ2n) is 7.96. The molecular formula is C20H28N4O3. The van der Waals surface area contributed by atoms with Crippen molar-refractivity contribution < 1.29 is 14.4 Å². The lowest BCUT2D eigenvalue weighted by molar-refractivity contribution is -0.114. The number of nitrogens with one attached hydrogen (secondary N) is 2. The SMILES string of the molecule is CC(C)(C)c1cc(NC(=O)CNc2ccccc2N2CCC(O)CC2)on1. The highest BCUT2D eigenvalue weighted by Gasteiger charge is 2.21. The van der Waals surface area contributed by atoms with Crippen molar-refractivity contribution in [3.8, 4) is 0 Å². The Hall–Kier alpha value is -2.54. The van der Waals surface area contributed by atoms with Gasteiger partial charge in [0.1, 0.15) is 0 Å². The summed E-state index contributed by atoms with van der Waals surface area (Å²) in [7, 11) is 0. The maximum absolute atomic E-state index is 12.3. The number of piperidine rings is 1. The third kappa shape index (κ3) is 5.01. The molecule has 0 spiro atoms. The van der Waals surface area contributed by atoms with Crippen molar-refractivity contribution in [3.05, 3.63) is 36.0 Å². The number of aliphatic hydroxyl groups excluding tert-OH is 1. The number of amides is 1.